The molecule has 0 fully saturated rings. The second-order valence-corrected chi connectivity index (χ2v) is 4.13. The number of rotatable bonds is 1. The van der Waals surface area contributed by atoms with Gasteiger partial charge in [0, 0.05) is 27.3 Å². The molecule has 2 aromatic heterocycles. The Morgan fingerprint density at radius 2 is 2.25 bits per heavy atom. The van der Waals surface area contributed by atoms with Gasteiger partial charge in [-0.2, -0.15) is 0 Å². The molecule has 0 unspecified atom stereocenters. The van der Waals surface area contributed by atoms with Crippen LogP contribution in [0.5, 0.6) is 0 Å². The van der Waals surface area contributed by atoms with Gasteiger partial charge in [0.2, 0.25) is 0 Å². The number of aromatic nitrogens is 1. The Bertz CT molecular complexity index is 370. The molecule has 0 N–H and O–H groups in total. The Morgan fingerprint density at radius 3 is 2.92 bits per heavy atom. The van der Waals surface area contributed by atoms with Crippen molar-refractivity contribution >= 4 is 27.3 Å². The highest BCUT2D eigenvalue weighted by atomic mass is 79.9. The summed E-state index contributed by atoms with van der Waals surface area (Å²) in [7, 11) is 0. The Kier molecular flexibility index (Phi) is 2.23. The predicted molar refractivity (Wildman–Crippen MR) is 55.3 cm³/mol. The van der Waals surface area contributed by atoms with Crippen LogP contribution < -0.4 is 0 Å². The van der Waals surface area contributed by atoms with Gasteiger partial charge in [0.25, 0.3) is 0 Å². The average molecular weight is 240 g/mol. The second-order valence-electron chi connectivity index (χ2n) is 2.33. The molecule has 0 aliphatic rings. The molecular weight excluding hydrogens is 234 g/mol. The van der Waals surface area contributed by atoms with E-state index in [0.717, 1.165) is 4.47 Å². The molecule has 2 aromatic rings. The largest absolute Gasteiger partial charge is 0.264 e. The molecule has 2 heterocycles. The first-order chi connectivity index (χ1) is 5.88. The molecule has 0 bridgehead atoms. The summed E-state index contributed by atoms with van der Waals surface area (Å²) < 4.78 is 1.05. The third kappa shape index (κ3) is 1.42. The maximum Gasteiger partial charge on any atom is 0.0445 e. The lowest BCUT2D eigenvalue weighted by Gasteiger charge is -1.98. The molecule has 0 amide bonds. The lowest BCUT2D eigenvalue weighted by atomic mass is 10.2. The topological polar surface area (TPSA) is 12.9 Å². The molecule has 0 spiro atoms. The van der Waals surface area contributed by atoms with Crippen molar-refractivity contribution in [3.63, 3.8) is 0 Å². The van der Waals surface area contributed by atoms with Gasteiger partial charge in [-0.25, -0.2) is 0 Å². The van der Waals surface area contributed by atoms with E-state index in [1.807, 2.05) is 18.3 Å². The fourth-order valence-corrected chi connectivity index (χ4v) is 2.37. The van der Waals surface area contributed by atoms with Crippen molar-refractivity contribution < 1.29 is 0 Å². The molecule has 0 aliphatic heterocycles. The molecule has 12 heavy (non-hydrogen) atoms. The van der Waals surface area contributed by atoms with Crippen LogP contribution in [0.1, 0.15) is 0 Å². The van der Waals surface area contributed by atoms with Gasteiger partial charge in [-0.05, 0) is 33.4 Å². The third-order valence-corrected chi connectivity index (χ3v) is 3.09. The highest BCUT2D eigenvalue weighted by Gasteiger charge is 2.01. The molecule has 0 aliphatic carbocycles. The quantitative estimate of drug-likeness (QED) is 0.742. The van der Waals surface area contributed by atoms with Crippen molar-refractivity contribution in [3.8, 4) is 10.4 Å². The lowest BCUT2D eigenvalue weighted by Crippen LogP contribution is -1.76. The summed E-state index contributed by atoms with van der Waals surface area (Å²) in [5.41, 5.74) is 1.21. The molecular formula is C9H6BrNS. The van der Waals surface area contributed by atoms with Gasteiger partial charge in [-0.1, -0.05) is 6.07 Å². The van der Waals surface area contributed by atoms with E-state index >= 15 is 0 Å². The summed E-state index contributed by atoms with van der Waals surface area (Å²) >= 11 is 5.19. The number of halogens is 1. The van der Waals surface area contributed by atoms with E-state index in [1.165, 1.54) is 10.4 Å². The van der Waals surface area contributed by atoms with Crippen LogP contribution in [0, 0.1) is 0 Å². The van der Waals surface area contributed by atoms with E-state index in [9.17, 15) is 0 Å². The summed E-state index contributed by atoms with van der Waals surface area (Å²) in [6, 6.07) is 6.16. The first kappa shape index (κ1) is 7.95. The monoisotopic (exact) mass is 239 g/mol. The van der Waals surface area contributed by atoms with Crippen LogP contribution in [0.15, 0.2) is 40.4 Å². The average Bonchev–Trinajstić information content (AvgIpc) is 2.57. The van der Waals surface area contributed by atoms with Gasteiger partial charge in [-0.15, -0.1) is 11.3 Å². The SMILES string of the molecule is Brc1cnccc1-c1cccs1. The zero-order valence-corrected chi connectivity index (χ0v) is 8.60. The molecule has 1 nitrogen and oxygen atoms in total. The van der Waals surface area contributed by atoms with E-state index in [2.05, 4.69) is 32.4 Å². The van der Waals surface area contributed by atoms with Crippen molar-refractivity contribution in [1.82, 2.24) is 4.98 Å². The zero-order chi connectivity index (χ0) is 8.39. The standard InChI is InChI=1S/C9H6BrNS/c10-8-6-11-4-3-7(8)9-2-1-5-12-9/h1-6H. The van der Waals surface area contributed by atoms with Gasteiger partial charge in [0.1, 0.15) is 0 Å². The molecule has 0 atom stereocenters. The number of hydrogen-bond donors (Lipinski definition) is 0. The summed E-state index contributed by atoms with van der Waals surface area (Å²) in [4.78, 5) is 5.28. The zero-order valence-electron chi connectivity index (χ0n) is 6.20. The van der Waals surface area contributed by atoms with Gasteiger partial charge in [0.15, 0.2) is 0 Å². The van der Waals surface area contributed by atoms with Gasteiger partial charge < -0.3 is 0 Å². The van der Waals surface area contributed by atoms with Crippen molar-refractivity contribution in [2.45, 2.75) is 0 Å². The Hall–Kier alpha value is -0.670. The maximum absolute atomic E-state index is 4.01. The van der Waals surface area contributed by atoms with E-state index in [1.54, 1.807) is 17.5 Å². The minimum absolute atomic E-state index is 1.05. The first-order valence-corrected chi connectivity index (χ1v) is 5.18. The van der Waals surface area contributed by atoms with Crippen molar-refractivity contribution in [2.75, 3.05) is 0 Å². The molecule has 0 radical (unpaired) electrons. The summed E-state index contributed by atoms with van der Waals surface area (Å²) in [6.45, 7) is 0. The number of thiophene rings is 1. The first-order valence-electron chi connectivity index (χ1n) is 3.51. The highest BCUT2D eigenvalue weighted by Crippen LogP contribution is 2.30. The van der Waals surface area contributed by atoms with Gasteiger partial charge in [-0.3, -0.25) is 4.98 Å². The fourth-order valence-electron chi connectivity index (χ4n) is 1.01. The number of nitrogens with zero attached hydrogens (tertiary/aromatic N) is 1. The fraction of sp³-hybridized carbons (Fsp3) is 0. The van der Waals surface area contributed by atoms with Crippen molar-refractivity contribution in [1.29, 1.82) is 0 Å². The lowest BCUT2D eigenvalue weighted by molar-refractivity contribution is 1.31. The molecule has 0 saturated carbocycles. The third-order valence-electron chi connectivity index (χ3n) is 1.56. The summed E-state index contributed by atoms with van der Waals surface area (Å²) in [5.74, 6) is 0. The van der Waals surface area contributed by atoms with Crippen LogP contribution in [0.3, 0.4) is 0 Å². The second kappa shape index (κ2) is 3.37. The van der Waals surface area contributed by atoms with Crippen LogP contribution in [0.4, 0.5) is 0 Å². The van der Waals surface area contributed by atoms with Crippen LogP contribution in [-0.2, 0) is 0 Å². The smallest absolute Gasteiger partial charge is 0.0445 e. The van der Waals surface area contributed by atoms with Crippen molar-refractivity contribution in [3.05, 3.63) is 40.4 Å². The Labute approximate surface area is 83.2 Å². The maximum atomic E-state index is 4.01. The number of hydrogen-bond acceptors (Lipinski definition) is 2. The van der Waals surface area contributed by atoms with Crippen LogP contribution >= 0.6 is 27.3 Å². The van der Waals surface area contributed by atoms with Crippen LogP contribution in [-0.4, -0.2) is 4.98 Å². The highest BCUT2D eigenvalue weighted by molar-refractivity contribution is 9.10. The van der Waals surface area contributed by atoms with E-state index in [4.69, 9.17) is 0 Å². The Balaban J connectivity index is 2.55. The summed E-state index contributed by atoms with van der Waals surface area (Å²) in [6.07, 6.45) is 3.62. The molecule has 3 heteroatoms. The van der Waals surface area contributed by atoms with Crippen LogP contribution in [0.2, 0.25) is 0 Å². The predicted octanol–water partition coefficient (Wildman–Crippen LogP) is 3.57. The molecule has 2 rings (SSSR count). The minimum atomic E-state index is 1.05. The number of pyridine rings is 1. The van der Waals surface area contributed by atoms with Gasteiger partial charge >= 0.3 is 0 Å². The van der Waals surface area contributed by atoms with E-state index in [0.29, 0.717) is 0 Å². The molecule has 0 saturated heterocycles. The van der Waals surface area contributed by atoms with E-state index < -0.39 is 0 Å². The summed E-state index contributed by atoms with van der Waals surface area (Å²) in [5, 5.41) is 2.07. The normalized spacial score (nSPS) is 10.1. The Morgan fingerprint density at radius 1 is 1.33 bits per heavy atom. The minimum Gasteiger partial charge on any atom is -0.264 e. The molecule has 0 aromatic carbocycles. The van der Waals surface area contributed by atoms with Gasteiger partial charge in [0.05, 0.1) is 0 Å². The molecule has 60 valence electrons. The van der Waals surface area contributed by atoms with Crippen LogP contribution in [0.25, 0.3) is 10.4 Å². The van der Waals surface area contributed by atoms with Crippen molar-refractivity contribution in [2.24, 2.45) is 0 Å². The van der Waals surface area contributed by atoms with E-state index in [-0.39, 0.29) is 0 Å².